The van der Waals surface area contributed by atoms with Crippen LogP contribution in [0.1, 0.15) is 58.8 Å². The van der Waals surface area contributed by atoms with Crippen LogP contribution in [0, 0.1) is 0 Å². The molecule has 0 aromatic rings. The highest BCUT2D eigenvalue weighted by Gasteiger charge is 2.42. The van der Waals surface area contributed by atoms with Crippen LogP contribution in [-0.2, 0) is 9.53 Å². The van der Waals surface area contributed by atoms with Crippen LogP contribution >= 0.6 is 0 Å². The van der Waals surface area contributed by atoms with Gasteiger partial charge in [-0.05, 0) is 52.0 Å². The van der Waals surface area contributed by atoms with Crippen molar-refractivity contribution in [1.29, 1.82) is 0 Å². The summed E-state index contributed by atoms with van der Waals surface area (Å²) in [6.07, 6.45) is 0.156. The van der Waals surface area contributed by atoms with E-state index in [1.54, 1.807) is 0 Å². The van der Waals surface area contributed by atoms with Gasteiger partial charge in [0.05, 0.1) is 6.10 Å². The van der Waals surface area contributed by atoms with Gasteiger partial charge in [-0.3, -0.25) is 14.4 Å². The number of hydrogen-bond donors (Lipinski definition) is 0. The molecule has 1 aliphatic heterocycles. The summed E-state index contributed by atoms with van der Waals surface area (Å²) in [6.45, 7) is 6.71. The van der Waals surface area contributed by atoms with Gasteiger partial charge in [-0.2, -0.15) is 0 Å². The Morgan fingerprint density at radius 1 is 1.29 bits per heavy atom. The van der Waals surface area contributed by atoms with Crippen LogP contribution < -0.4 is 0 Å². The van der Waals surface area contributed by atoms with E-state index in [2.05, 4.69) is 16.6 Å². The van der Waals surface area contributed by atoms with Crippen molar-refractivity contribution in [2.75, 3.05) is 19.6 Å². The molecule has 1 saturated heterocycles. The second-order valence-corrected chi connectivity index (χ2v) is 6.97. The fraction of sp³-hybridized carbons (Fsp3) is 0.941. The summed E-state index contributed by atoms with van der Waals surface area (Å²) in [5.74, 6) is 0.241. The number of carbonyl (C=O) groups is 1. The molecule has 0 spiro atoms. The molecule has 1 amide bonds. The first-order valence-corrected chi connectivity index (χ1v) is 9.08. The summed E-state index contributed by atoms with van der Waals surface area (Å²) < 4.78 is 40.7. The van der Waals surface area contributed by atoms with Gasteiger partial charge in [-0.15, -0.1) is 13.2 Å². The van der Waals surface area contributed by atoms with Gasteiger partial charge in [0.2, 0.25) is 5.91 Å². The van der Waals surface area contributed by atoms with Crippen molar-refractivity contribution >= 4 is 5.91 Å². The number of amides is 1. The van der Waals surface area contributed by atoms with Gasteiger partial charge in [-0.25, -0.2) is 0 Å². The number of nitrogens with zero attached hydrogens (tertiary/aromatic N) is 2. The molecule has 1 aliphatic carbocycles. The maximum absolute atomic E-state index is 12.2. The summed E-state index contributed by atoms with van der Waals surface area (Å²) in [7, 11) is 0. The minimum atomic E-state index is -4.53. The van der Waals surface area contributed by atoms with Gasteiger partial charge in [0.1, 0.15) is 0 Å². The third kappa shape index (κ3) is 5.62. The largest absolute Gasteiger partial charge is 0.522 e. The number of rotatable bonds is 8. The molecule has 1 heterocycles. The van der Waals surface area contributed by atoms with Crippen LogP contribution in [0.2, 0.25) is 0 Å². The Kier molecular flexibility index (Phi) is 6.92. The average Bonchev–Trinajstić information content (AvgIpc) is 2.98. The molecular formula is C17H29F3N2O2. The first-order chi connectivity index (χ1) is 11.3. The molecule has 140 valence electrons. The smallest absolute Gasteiger partial charge is 0.343 e. The van der Waals surface area contributed by atoms with Crippen LogP contribution in [0.5, 0.6) is 0 Å². The summed E-state index contributed by atoms with van der Waals surface area (Å²) in [6, 6.07) is 0.435. The van der Waals surface area contributed by atoms with E-state index in [0.717, 1.165) is 45.3 Å². The summed E-state index contributed by atoms with van der Waals surface area (Å²) in [4.78, 5) is 16.2. The maximum Gasteiger partial charge on any atom is 0.522 e. The number of alkyl halides is 3. The van der Waals surface area contributed by atoms with E-state index in [0.29, 0.717) is 19.3 Å². The van der Waals surface area contributed by atoms with Crippen molar-refractivity contribution < 1.29 is 22.7 Å². The lowest BCUT2D eigenvalue weighted by atomic mass is 9.86. The highest BCUT2D eigenvalue weighted by Crippen LogP contribution is 2.34. The van der Waals surface area contributed by atoms with E-state index in [1.165, 1.54) is 0 Å². The summed E-state index contributed by atoms with van der Waals surface area (Å²) in [5.41, 5.74) is 0. The van der Waals surface area contributed by atoms with E-state index in [1.807, 2.05) is 11.8 Å². The molecule has 7 heteroatoms. The van der Waals surface area contributed by atoms with Gasteiger partial charge in [-0.1, -0.05) is 6.92 Å². The van der Waals surface area contributed by atoms with Gasteiger partial charge < -0.3 is 4.90 Å². The van der Waals surface area contributed by atoms with Crippen LogP contribution in [0.3, 0.4) is 0 Å². The van der Waals surface area contributed by atoms with Crippen molar-refractivity contribution in [3.05, 3.63) is 0 Å². The Morgan fingerprint density at radius 3 is 2.46 bits per heavy atom. The second kappa shape index (κ2) is 8.52. The van der Waals surface area contributed by atoms with E-state index < -0.39 is 12.5 Å². The fourth-order valence-corrected chi connectivity index (χ4v) is 3.86. The van der Waals surface area contributed by atoms with E-state index >= 15 is 0 Å². The molecule has 0 N–H and O–H groups in total. The van der Waals surface area contributed by atoms with Crippen LogP contribution in [0.15, 0.2) is 0 Å². The van der Waals surface area contributed by atoms with Gasteiger partial charge in [0.15, 0.2) is 0 Å². The molecular weight excluding hydrogens is 321 g/mol. The standard InChI is InChI=1S/C17H29F3N2O2/c1-3-22(14-11-15(12-14)24-17(18,19)20)13(2)7-6-8-16(23)21-9-4-5-10-21/h13-15H,3-12H2,1-2H3. The molecule has 1 unspecified atom stereocenters. The zero-order valence-corrected chi connectivity index (χ0v) is 14.6. The quantitative estimate of drug-likeness (QED) is 0.671. The zero-order chi connectivity index (χ0) is 17.7. The van der Waals surface area contributed by atoms with Gasteiger partial charge >= 0.3 is 6.36 Å². The Balaban J connectivity index is 1.66. The van der Waals surface area contributed by atoms with Crippen molar-refractivity contribution in [3.8, 4) is 0 Å². The summed E-state index contributed by atoms with van der Waals surface area (Å²) >= 11 is 0. The molecule has 0 aromatic carbocycles. The van der Waals surface area contributed by atoms with Crippen molar-refractivity contribution in [1.82, 2.24) is 9.80 Å². The number of halogens is 3. The monoisotopic (exact) mass is 350 g/mol. The summed E-state index contributed by atoms with van der Waals surface area (Å²) in [5, 5.41) is 0. The first kappa shape index (κ1) is 19.5. The number of hydrogen-bond acceptors (Lipinski definition) is 3. The third-order valence-electron chi connectivity index (χ3n) is 5.24. The van der Waals surface area contributed by atoms with Gasteiger partial charge in [0.25, 0.3) is 0 Å². The normalized spacial score (nSPS) is 25.8. The van der Waals surface area contributed by atoms with Crippen molar-refractivity contribution in [2.24, 2.45) is 0 Å². The Labute approximate surface area is 142 Å². The number of likely N-dealkylation sites (tertiary alicyclic amines) is 1. The lowest BCUT2D eigenvalue weighted by Crippen LogP contribution is -2.52. The lowest BCUT2D eigenvalue weighted by Gasteiger charge is -2.45. The fourth-order valence-electron chi connectivity index (χ4n) is 3.86. The van der Waals surface area contributed by atoms with E-state index in [9.17, 15) is 18.0 Å². The lowest BCUT2D eigenvalue weighted by molar-refractivity contribution is -0.354. The molecule has 1 saturated carbocycles. The molecule has 0 aromatic heterocycles. The minimum Gasteiger partial charge on any atom is -0.343 e. The zero-order valence-electron chi connectivity index (χ0n) is 14.6. The van der Waals surface area contributed by atoms with Crippen molar-refractivity contribution in [2.45, 2.75) is 83.3 Å². The molecule has 0 radical (unpaired) electrons. The molecule has 1 atom stereocenters. The van der Waals surface area contributed by atoms with Gasteiger partial charge in [0, 0.05) is 31.6 Å². The van der Waals surface area contributed by atoms with Crippen LogP contribution in [-0.4, -0.2) is 59.9 Å². The topological polar surface area (TPSA) is 32.8 Å². The Morgan fingerprint density at radius 2 is 1.92 bits per heavy atom. The molecule has 24 heavy (non-hydrogen) atoms. The van der Waals surface area contributed by atoms with E-state index in [4.69, 9.17) is 0 Å². The Hall–Kier alpha value is -0.820. The first-order valence-electron chi connectivity index (χ1n) is 9.08. The van der Waals surface area contributed by atoms with Crippen LogP contribution in [0.25, 0.3) is 0 Å². The minimum absolute atomic E-state index is 0.159. The average molecular weight is 350 g/mol. The number of carbonyl (C=O) groups excluding carboxylic acids is 1. The Bertz CT molecular complexity index is 405. The van der Waals surface area contributed by atoms with Crippen molar-refractivity contribution in [3.63, 3.8) is 0 Å². The molecule has 0 bridgehead atoms. The molecule has 2 rings (SSSR count). The molecule has 2 aliphatic rings. The predicted molar refractivity (Wildman–Crippen MR) is 85.5 cm³/mol. The van der Waals surface area contributed by atoms with E-state index in [-0.39, 0.29) is 18.0 Å². The highest BCUT2D eigenvalue weighted by atomic mass is 19.4. The van der Waals surface area contributed by atoms with Crippen LogP contribution in [0.4, 0.5) is 13.2 Å². The third-order valence-corrected chi connectivity index (χ3v) is 5.24. The number of ether oxygens (including phenoxy) is 1. The second-order valence-electron chi connectivity index (χ2n) is 6.97. The molecule has 4 nitrogen and oxygen atoms in total. The maximum atomic E-state index is 12.2. The molecule has 2 fully saturated rings. The predicted octanol–water partition coefficient (Wildman–Crippen LogP) is 3.56. The highest BCUT2D eigenvalue weighted by molar-refractivity contribution is 5.76. The SMILES string of the molecule is CCN(C(C)CCCC(=O)N1CCCC1)C1CC(OC(F)(F)F)C1.